The van der Waals surface area contributed by atoms with Gasteiger partial charge in [0.1, 0.15) is 5.56 Å². The van der Waals surface area contributed by atoms with Gasteiger partial charge in [0, 0.05) is 12.1 Å². The minimum Gasteiger partial charge on any atom is -0.619 e. The highest BCUT2D eigenvalue weighted by Gasteiger charge is 2.28. The lowest BCUT2D eigenvalue weighted by Crippen LogP contribution is -2.49. The lowest BCUT2D eigenvalue weighted by Gasteiger charge is -2.34. The van der Waals surface area contributed by atoms with Gasteiger partial charge in [-0.3, -0.25) is 10.1 Å². The van der Waals surface area contributed by atoms with E-state index in [1.165, 1.54) is 18.3 Å². The molecule has 0 radical (unpaired) electrons. The van der Waals surface area contributed by atoms with E-state index in [0.29, 0.717) is 16.6 Å². The largest absolute Gasteiger partial charge is 0.619 e. The molecule has 1 heterocycles. The Morgan fingerprint density at radius 3 is 2.80 bits per heavy atom. The molecule has 1 aliphatic rings. The van der Waals surface area contributed by atoms with Crippen LogP contribution in [0.15, 0.2) is 24.5 Å². The molecule has 136 valence electrons. The maximum absolute atomic E-state index is 11.9. The number of imide groups is 1. The number of pyridine rings is 1. The number of carbonyl (C=O) groups excluding carboxylic acids is 3. The summed E-state index contributed by atoms with van der Waals surface area (Å²) in [5.41, 5.74) is 0.0276. The Labute approximate surface area is 146 Å². The van der Waals surface area contributed by atoms with Crippen molar-refractivity contribution in [1.82, 2.24) is 10.6 Å². The average Bonchev–Trinajstić information content (AvgIpc) is 2.56. The van der Waals surface area contributed by atoms with Crippen molar-refractivity contribution in [1.29, 1.82) is 0 Å². The van der Waals surface area contributed by atoms with E-state index in [-0.39, 0.29) is 11.6 Å². The van der Waals surface area contributed by atoms with Crippen LogP contribution in [-0.2, 0) is 9.53 Å². The first kappa shape index (κ1) is 18.7. The van der Waals surface area contributed by atoms with E-state index in [1.54, 1.807) is 0 Å². The summed E-state index contributed by atoms with van der Waals surface area (Å²) in [5, 5.41) is 16.0. The van der Waals surface area contributed by atoms with Gasteiger partial charge in [0.2, 0.25) is 0 Å². The molecule has 0 spiro atoms. The molecule has 8 heteroatoms. The third kappa shape index (κ3) is 5.44. The summed E-state index contributed by atoms with van der Waals surface area (Å²) >= 11 is 0. The molecule has 2 rings (SSSR count). The van der Waals surface area contributed by atoms with Crippen molar-refractivity contribution in [3.05, 3.63) is 35.3 Å². The number of urea groups is 1. The van der Waals surface area contributed by atoms with E-state index < -0.39 is 24.5 Å². The summed E-state index contributed by atoms with van der Waals surface area (Å²) in [6, 6.07) is 2.22. The van der Waals surface area contributed by atoms with Crippen LogP contribution in [0, 0.1) is 17.0 Å². The molecule has 25 heavy (non-hydrogen) atoms. The number of amides is 3. The van der Waals surface area contributed by atoms with Crippen molar-refractivity contribution in [3.8, 4) is 0 Å². The van der Waals surface area contributed by atoms with Gasteiger partial charge in [0.25, 0.3) is 5.91 Å². The Hall–Kier alpha value is -2.64. The molecule has 8 nitrogen and oxygen atoms in total. The second kappa shape index (κ2) is 8.46. The minimum absolute atomic E-state index is 0.0240. The van der Waals surface area contributed by atoms with Gasteiger partial charge < -0.3 is 15.3 Å². The first-order valence-electron chi connectivity index (χ1n) is 8.33. The molecule has 1 aliphatic carbocycles. The molecule has 0 unspecified atom stereocenters. The molecule has 1 aromatic rings. The van der Waals surface area contributed by atoms with Crippen LogP contribution in [-0.4, -0.2) is 30.6 Å². The van der Waals surface area contributed by atoms with Crippen molar-refractivity contribution >= 4 is 17.9 Å². The van der Waals surface area contributed by atoms with Gasteiger partial charge >= 0.3 is 12.0 Å². The monoisotopic (exact) mass is 349 g/mol. The van der Waals surface area contributed by atoms with Gasteiger partial charge in [-0.05, 0) is 24.3 Å². The fourth-order valence-corrected chi connectivity index (χ4v) is 2.94. The second-order valence-corrected chi connectivity index (χ2v) is 6.42. The van der Waals surface area contributed by atoms with Crippen LogP contribution in [0.4, 0.5) is 4.79 Å². The van der Waals surface area contributed by atoms with Gasteiger partial charge in [-0.1, -0.05) is 26.7 Å². The minimum atomic E-state index is -0.810. The molecule has 3 atom stereocenters. The Bertz CT molecular complexity index is 649. The number of hydrogen-bond donors (Lipinski definition) is 2. The highest BCUT2D eigenvalue weighted by atomic mass is 16.5. The number of carbonyl (C=O) groups is 3. The van der Waals surface area contributed by atoms with Crippen LogP contribution in [0.2, 0.25) is 0 Å². The maximum Gasteiger partial charge on any atom is 0.344 e. The van der Waals surface area contributed by atoms with Crippen LogP contribution in [0.1, 0.15) is 43.5 Å². The summed E-state index contributed by atoms with van der Waals surface area (Å²) in [5.74, 6) is -0.682. The number of rotatable bonds is 4. The average molecular weight is 349 g/mol. The zero-order valence-electron chi connectivity index (χ0n) is 14.4. The highest BCUT2D eigenvalue weighted by molar-refractivity contribution is 5.96. The number of nitrogens with zero attached hydrogens (tertiary/aromatic N) is 1. The first-order chi connectivity index (χ1) is 11.9. The third-order valence-electron chi connectivity index (χ3n) is 4.62. The fraction of sp³-hybridized carbons (Fsp3) is 0.529. The van der Waals surface area contributed by atoms with E-state index in [0.717, 1.165) is 25.5 Å². The van der Waals surface area contributed by atoms with E-state index in [2.05, 4.69) is 24.5 Å². The molecule has 0 bridgehead atoms. The van der Waals surface area contributed by atoms with Crippen LogP contribution >= 0.6 is 0 Å². The molecule has 1 fully saturated rings. The standard InChI is InChI=1S/C17H23N3O5/c1-11-5-3-7-14(12(11)2)18-17(23)19-15(21)10-25-16(22)13-6-4-8-20(24)9-13/h4,6,8-9,11-12,14H,3,5,7,10H2,1-2H3,(H2,18,19,21,23)/t11-,12-,14-/m1/s1. The molecular weight excluding hydrogens is 326 g/mol. The van der Waals surface area contributed by atoms with Crippen molar-refractivity contribution < 1.29 is 23.9 Å². The predicted octanol–water partition coefficient (Wildman–Crippen LogP) is 1.13. The van der Waals surface area contributed by atoms with Crippen LogP contribution in [0.25, 0.3) is 0 Å². The molecule has 0 aromatic carbocycles. The van der Waals surface area contributed by atoms with Gasteiger partial charge in [0.15, 0.2) is 19.0 Å². The normalized spacial score (nSPS) is 22.7. The molecule has 2 N–H and O–H groups in total. The zero-order chi connectivity index (χ0) is 18.4. The van der Waals surface area contributed by atoms with Gasteiger partial charge in [0.05, 0.1) is 0 Å². The smallest absolute Gasteiger partial charge is 0.344 e. The van der Waals surface area contributed by atoms with Gasteiger partial charge in [-0.25, -0.2) is 9.59 Å². The third-order valence-corrected chi connectivity index (χ3v) is 4.62. The zero-order valence-corrected chi connectivity index (χ0v) is 14.4. The van der Waals surface area contributed by atoms with E-state index in [1.807, 2.05) is 0 Å². The summed E-state index contributed by atoms with van der Waals surface area (Å²) in [6.45, 7) is 3.63. The van der Waals surface area contributed by atoms with Crippen molar-refractivity contribution in [3.63, 3.8) is 0 Å². The van der Waals surface area contributed by atoms with E-state index >= 15 is 0 Å². The molecular formula is C17H23N3O5. The fourth-order valence-electron chi connectivity index (χ4n) is 2.94. The Kier molecular flexibility index (Phi) is 6.32. The summed E-state index contributed by atoms with van der Waals surface area (Å²) < 4.78 is 5.25. The van der Waals surface area contributed by atoms with Crippen LogP contribution < -0.4 is 15.4 Å². The second-order valence-electron chi connectivity index (χ2n) is 6.42. The van der Waals surface area contributed by atoms with E-state index in [9.17, 15) is 19.6 Å². The van der Waals surface area contributed by atoms with Gasteiger partial charge in [-0.2, -0.15) is 4.73 Å². The highest BCUT2D eigenvalue weighted by Crippen LogP contribution is 2.29. The maximum atomic E-state index is 11.9. The Morgan fingerprint density at radius 2 is 2.08 bits per heavy atom. The van der Waals surface area contributed by atoms with Gasteiger partial charge in [-0.15, -0.1) is 0 Å². The lowest BCUT2D eigenvalue weighted by atomic mass is 9.78. The molecule has 0 aliphatic heterocycles. The molecule has 1 aromatic heterocycles. The number of aromatic nitrogens is 1. The molecule has 3 amide bonds. The number of ether oxygens (including phenoxy) is 1. The molecule has 1 saturated carbocycles. The summed E-state index contributed by atoms with van der Waals surface area (Å²) in [4.78, 5) is 35.4. The Morgan fingerprint density at radius 1 is 1.32 bits per heavy atom. The quantitative estimate of drug-likeness (QED) is 0.481. The van der Waals surface area contributed by atoms with Crippen LogP contribution in [0.3, 0.4) is 0 Å². The van der Waals surface area contributed by atoms with E-state index in [4.69, 9.17) is 4.74 Å². The van der Waals surface area contributed by atoms with Crippen molar-refractivity contribution in [2.24, 2.45) is 11.8 Å². The summed E-state index contributed by atoms with van der Waals surface area (Å²) in [7, 11) is 0. The SMILES string of the molecule is C[C@@H]1[C@H](C)CCC[C@H]1NC(=O)NC(=O)COC(=O)c1ccc[n+]([O-])c1. The summed E-state index contributed by atoms with van der Waals surface area (Å²) in [6.07, 6.45) is 5.32. The molecule has 0 saturated heterocycles. The van der Waals surface area contributed by atoms with Crippen molar-refractivity contribution in [2.45, 2.75) is 39.2 Å². The number of nitrogens with one attached hydrogen (secondary N) is 2. The first-order valence-corrected chi connectivity index (χ1v) is 8.33. The topological polar surface area (TPSA) is 111 Å². The number of hydrogen-bond acceptors (Lipinski definition) is 5. The van der Waals surface area contributed by atoms with Crippen molar-refractivity contribution in [2.75, 3.05) is 6.61 Å². The predicted molar refractivity (Wildman–Crippen MR) is 88.3 cm³/mol. The van der Waals surface area contributed by atoms with Crippen LogP contribution in [0.5, 0.6) is 0 Å². The Balaban J connectivity index is 1.76. The lowest BCUT2D eigenvalue weighted by molar-refractivity contribution is -0.605. The number of esters is 1.